The molecular weight excluding hydrogens is 646 g/mol. The van der Waals surface area contributed by atoms with Gasteiger partial charge in [-0.1, -0.05) is 32.6 Å². The minimum atomic E-state index is -1.70. The van der Waals surface area contributed by atoms with Gasteiger partial charge in [0.25, 0.3) is 5.69 Å². The number of ether oxygens (including phenoxy) is 5. The standard InChI is InChI=1S/C24H31N13O11/c25-33-29-7-16-15(39)6-14(32-36-28)23(45-16)48-22-17(8-38)46-24(19(22)41)47-21-13(31-35-27)5-12(30-34-26)20(18(21)40)44-9-10-2-1-3-11(4-10)37(42)43/h1-4,12-24,38-41H,5-9H2/t12?,13?,14?,15-,16-,17+,18+,19+,20-,21+,22+,23?,24?/m0/s1. The number of rotatable bonds is 14. The van der Waals surface area contributed by atoms with Crippen molar-refractivity contribution in [3.05, 3.63) is 81.7 Å². The third-order valence-electron chi connectivity index (χ3n) is 7.99. The van der Waals surface area contributed by atoms with E-state index in [1.54, 1.807) is 6.07 Å². The molecule has 2 saturated heterocycles. The van der Waals surface area contributed by atoms with Crippen LogP contribution < -0.4 is 0 Å². The molecule has 0 amide bonds. The molecule has 5 unspecified atom stereocenters. The third kappa shape index (κ3) is 8.50. The van der Waals surface area contributed by atoms with E-state index in [1.807, 2.05) is 0 Å². The SMILES string of the molecule is [N-]=[N+]=NC[C@@H]1OC(O[C@@H]2[C@@H](CO)OC(O[C@@H]3C(N=[N+]=[N-])CC(N=[N+]=[N-])[C@H](OCc4cccc([N+](=O)[O-])c4)[C@H]3O)[C@@H]2O)C(N=[N+]=[N-])C[C@@H]1O. The second-order valence-corrected chi connectivity index (χ2v) is 10.9. The molecule has 2 heterocycles. The average Bonchev–Trinajstić information content (AvgIpc) is 3.36. The van der Waals surface area contributed by atoms with Gasteiger partial charge in [-0.25, -0.2) is 0 Å². The van der Waals surface area contributed by atoms with Crippen LogP contribution in [0.4, 0.5) is 5.69 Å². The summed E-state index contributed by atoms with van der Waals surface area (Å²) in [5.74, 6) is 0. The number of hydrogen-bond acceptors (Lipinski definition) is 15. The molecule has 0 radical (unpaired) electrons. The van der Waals surface area contributed by atoms with Crippen LogP contribution in [0.3, 0.4) is 0 Å². The normalized spacial score (nSPS) is 36.0. The Hall–Kier alpha value is -4.50. The minimum Gasteiger partial charge on any atom is -0.394 e. The van der Waals surface area contributed by atoms with Crippen molar-refractivity contribution in [3.63, 3.8) is 0 Å². The van der Waals surface area contributed by atoms with Crippen LogP contribution in [-0.2, 0) is 30.3 Å². The summed E-state index contributed by atoms with van der Waals surface area (Å²) in [4.78, 5) is 21.5. The summed E-state index contributed by atoms with van der Waals surface area (Å²) in [6, 6.07) is 2.16. The fraction of sp³-hybridized carbons (Fsp3) is 0.750. The van der Waals surface area contributed by atoms with Crippen LogP contribution >= 0.6 is 0 Å². The molecule has 1 saturated carbocycles. The molecule has 0 spiro atoms. The van der Waals surface area contributed by atoms with Gasteiger partial charge in [0, 0.05) is 31.8 Å². The largest absolute Gasteiger partial charge is 0.394 e. The van der Waals surface area contributed by atoms with Gasteiger partial charge in [-0.2, -0.15) is 0 Å². The molecule has 4 rings (SSSR count). The van der Waals surface area contributed by atoms with E-state index in [4.69, 9.17) is 40.3 Å². The monoisotopic (exact) mass is 677 g/mol. The maximum absolute atomic E-state index is 11.4. The molecule has 24 heteroatoms. The van der Waals surface area contributed by atoms with E-state index in [0.29, 0.717) is 5.56 Å². The molecule has 1 aliphatic carbocycles. The Labute approximate surface area is 269 Å². The lowest BCUT2D eigenvalue weighted by atomic mass is 9.84. The van der Waals surface area contributed by atoms with Gasteiger partial charge in [-0.15, -0.1) is 0 Å². The zero-order valence-corrected chi connectivity index (χ0v) is 24.8. The third-order valence-corrected chi connectivity index (χ3v) is 7.99. The van der Waals surface area contributed by atoms with Crippen molar-refractivity contribution in [2.45, 2.75) is 99.0 Å². The van der Waals surface area contributed by atoms with Crippen molar-refractivity contribution in [1.82, 2.24) is 0 Å². The quantitative estimate of drug-likeness (QED) is 0.0724. The van der Waals surface area contributed by atoms with Crippen LogP contribution in [0.2, 0.25) is 0 Å². The summed E-state index contributed by atoms with van der Waals surface area (Å²) in [5, 5.41) is 68.4. The Bertz CT molecular complexity index is 1480. The molecule has 3 fully saturated rings. The van der Waals surface area contributed by atoms with E-state index in [0.717, 1.165) is 0 Å². The van der Waals surface area contributed by atoms with Crippen LogP contribution in [-0.4, -0.2) is 118 Å². The van der Waals surface area contributed by atoms with E-state index in [-0.39, 0.29) is 31.7 Å². The van der Waals surface area contributed by atoms with Crippen molar-refractivity contribution in [2.75, 3.05) is 13.2 Å². The van der Waals surface area contributed by atoms with Gasteiger partial charge in [0.15, 0.2) is 12.6 Å². The smallest absolute Gasteiger partial charge is 0.269 e. The molecule has 2 aliphatic heterocycles. The highest BCUT2D eigenvalue weighted by atomic mass is 16.7. The average molecular weight is 678 g/mol. The lowest BCUT2D eigenvalue weighted by Gasteiger charge is -2.42. The van der Waals surface area contributed by atoms with Crippen LogP contribution in [0.15, 0.2) is 44.7 Å². The van der Waals surface area contributed by atoms with Crippen LogP contribution in [0.25, 0.3) is 41.8 Å². The van der Waals surface area contributed by atoms with Gasteiger partial charge in [-0.05, 0) is 40.5 Å². The number of aliphatic hydroxyl groups is 4. The van der Waals surface area contributed by atoms with Crippen LogP contribution in [0.1, 0.15) is 18.4 Å². The lowest BCUT2D eigenvalue weighted by molar-refractivity contribution is -0.385. The maximum Gasteiger partial charge on any atom is 0.269 e. The first kappa shape index (κ1) is 36.3. The van der Waals surface area contributed by atoms with Gasteiger partial charge in [-0.3, -0.25) is 10.1 Å². The molecule has 3 aliphatic rings. The fourth-order valence-electron chi connectivity index (χ4n) is 5.73. The molecule has 13 atom stereocenters. The lowest BCUT2D eigenvalue weighted by Crippen LogP contribution is -2.58. The predicted octanol–water partition coefficient (Wildman–Crippen LogP) is 1.92. The molecule has 1 aromatic carbocycles. The Balaban J connectivity index is 1.53. The van der Waals surface area contributed by atoms with Crippen LogP contribution in [0, 0.1) is 10.1 Å². The van der Waals surface area contributed by atoms with Crippen molar-refractivity contribution >= 4 is 5.69 Å². The van der Waals surface area contributed by atoms with Gasteiger partial charge in [0.1, 0.15) is 24.4 Å². The number of aliphatic hydroxyl groups excluding tert-OH is 4. The Kier molecular flexibility index (Phi) is 12.9. The van der Waals surface area contributed by atoms with Crippen LogP contribution in [0.5, 0.6) is 0 Å². The zero-order valence-electron chi connectivity index (χ0n) is 24.8. The molecule has 4 N–H and O–H groups in total. The topological polar surface area (TPSA) is 365 Å². The van der Waals surface area contributed by atoms with E-state index in [9.17, 15) is 36.1 Å². The minimum absolute atomic E-state index is 0.153. The summed E-state index contributed by atoms with van der Waals surface area (Å²) in [6.07, 6.45) is -14.4. The number of azide groups is 4. The summed E-state index contributed by atoms with van der Waals surface area (Å²) < 4.78 is 29.0. The number of non-ortho nitro benzene ring substituents is 1. The Morgan fingerprint density at radius 2 is 1.50 bits per heavy atom. The molecule has 0 bridgehead atoms. The Morgan fingerprint density at radius 1 is 0.854 bits per heavy atom. The summed E-state index contributed by atoms with van der Waals surface area (Å²) >= 11 is 0. The van der Waals surface area contributed by atoms with Gasteiger partial charge in [0.05, 0.1) is 67.2 Å². The summed E-state index contributed by atoms with van der Waals surface area (Å²) in [7, 11) is 0. The van der Waals surface area contributed by atoms with Crippen molar-refractivity contribution < 1.29 is 49.0 Å². The maximum atomic E-state index is 11.4. The van der Waals surface area contributed by atoms with Gasteiger partial charge >= 0.3 is 0 Å². The van der Waals surface area contributed by atoms with Gasteiger partial charge < -0.3 is 44.1 Å². The molecule has 0 aromatic heterocycles. The highest BCUT2D eigenvalue weighted by Crippen LogP contribution is 2.36. The predicted molar refractivity (Wildman–Crippen MR) is 156 cm³/mol. The van der Waals surface area contributed by atoms with Crippen molar-refractivity contribution in [1.29, 1.82) is 0 Å². The second-order valence-electron chi connectivity index (χ2n) is 10.9. The molecule has 258 valence electrons. The first-order chi connectivity index (χ1) is 23.1. The van der Waals surface area contributed by atoms with E-state index in [2.05, 4.69) is 40.1 Å². The number of nitro groups is 1. The molecular formula is C24H31N13O11. The second kappa shape index (κ2) is 17.1. The summed E-state index contributed by atoms with van der Waals surface area (Å²) in [6.45, 7) is -1.26. The van der Waals surface area contributed by atoms with E-state index < -0.39 is 91.1 Å². The number of hydrogen-bond donors (Lipinski definition) is 4. The van der Waals surface area contributed by atoms with E-state index >= 15 is 0 Å². The fourth-order valence-corrected chi connectivity index (χ4v) is 5.73. The van der Waals surface area contributed by atoms with Crippen molar-refractivity contribution in [2.24, 2.45) is 20.5 Å². The Morgan fingerprint density at radius 3 is 2.15 bits per heavy atom. The zero-order chi connectivity index (χ0) is 34.8. The first-order valence-corrected chi connectivity index (χ1v) is 14.4. The number of nitro benzene ring substituents is 1. The highest BCUT2D eigenvalue weighted by molar-refractivity contribution is 5.33. The van der Waals surface area contributed by atoms with E-state index in [1.165, 1.54) is 18.2 Å². The molecule has 48 heavy (non-hydrogen) atoms. The first-order valence-electron chi connectivity index (χ1n) is 14.4. The highest BCUT2D eigenvalue weighted by Gasteiger charge is 2.52. The molecule has 24 nitrogen and oxygen atoms in total. The number of benzene rings is 1. The summed E-state index contributed by atoms with van der Waals surface area (Å²) in [5.41, 5.74) is 36.2. The van der Waals surface area contributed by atoms with Gasteiger partial charge in [0.2, 0.25) is 0 Å². The number of nitrogens with zero attached hydrogens (tertiary/aromatic N) is 13. The molecule has 1 aromatic rings. The van der Waals surface area contributed by atoms with Crippen molar-refractivity contribution in [3.8, 4) is 0 Å².